The molecular formula is C13H12BrN3O. The Kier molecular flexibility index (Phi) is 4.04. The van der Waals surface area contributed by atoms with E-state index >= 15 is 0 Å². The monoisotopic (exact) mass is 305 g/mol. The highest BCUT2D eigenvalue weighted by atomic mass is 79.9. The van der Waals surface area contributed by atoms with Crippen molar-refractivity contribution in [3.8, 4) is 0 Å². The Labute approximate surface area is 114 Å². The predicted octanol–water partition coefficient (Wildman–Crippen LogP) is 2.51. The van der Waals surface area contributed by atoms with Crippen molar-refractivity contribution in [2.45, 2.75) is 6.54 Å². The van der Waals surface area contributed by atoms with Crippen LogP contribution in [0.1, 0.15) is 15.9 Å². The number of benzene rings is 1. The van der Waals surface area contributed by atoms with Crippen molar-refractivity contribution in [1.29, 1.82) is 0 Å². The Bertz CT molecular complexity index is 545. The lowest BCUT2D eigenvalue weighted by molar-refractivity contribution is 0.0784. The van der Waals surface area contributed by atoms with Gasteiger partial charge in [-0.2, -0.15) is 0 Å². The molecule has 1 aromatic heterocycles. The van der Waals surface area contributed by atoms with Crippen molar-refractivity contribution < 1.29 is 4.79 Å². The third-order valence-electron chi connectivity index (χ3n) is 2.46. The second kappa shape index (κ2) is 5.73. The fourth-order valence-corrected chi connectivity index (χ4v) is 2.06. The van der Waals surface area contributed by atoms with Crippen LogP contribution in [0.3, 0.4) is 0 Å². The highest BCUT2D eigenvalue weighted by Crippen LogP contribution is 2.13. The third kappa shape index (κ3) is 3.13. The molecule has 5 heteroatoms. The lowest BCUT2D eigenvalue weighted by Crippen LogP contribution is -2.26. The van der Waals surface area contributed by atoms with E-state index < -0.39 is 0 Å². The van der Waals surface area contributed by atoms with Crippen molar-refractivity contribution in [1.82, 2.24) is 14.9 Å². The number of aromatic nitrogens is 2. The summed E-state index contributed by atoms with van der Waals surface area (Å²) in [5.41, 5.74) is 1.56. The summed E-state index contributed by atoms with van der Waals surface area (Å²) in [4.78, 5) is 21.4. The number of carbonyl (C=O) groups excluding carboxylic acids is 1. The van der Waals surface area contributed by atoms with Gasteiger partial charge in [0.15, 0.2) is 0 Å². The van der Waals surface area contributed by atoms with Gasteiger partial charge >= 0.3 is 0 Å². The van der Waals surface area contributed by atoms with Crippen LogP contribution in [-0.4, -0.2) is 27.8 Å². The summed E-state index contributed by atoms with van der Waals surface area (Å²) >= 11 is 3.41. The first kappa shape index (κ1) is 12.7. The zero-order valence-electron chi connectivity index (χ0n) is 9.88. The van der Waals surface area contributed by atoms with E-state index in [0.717, 1.165) is 10.0 Å². The number of rotatable bonds is 3. The second-order valence-corrected chi connectivity index (χ2v) is 4.83. The third-order valence-corrected chi connectivity index (χ3v) is 2.96. The van der Waals surface area contributed by atoms with Gasteiger partial charge < -0.3 is 4.90 Å². The first-order chi connectivity index (χ1) is 8.66. The van der Waals surface area contributed by atoms with Crippen molar-refractivity contribution in [2.24, 2.45) is 0 Å². The second-order valence-electron chi connectivity index (χ2n) is 3.92. The van der Waals surface area contributed by atoms with Gasteiger partial charge in [-0.15, -0.1) is 0 Å². The number of hydrogen-bond acceptors (Lipinski definition) is 3. The van der Waals surface area contributed by atoms with Crippen LogP contribution in [0.25, 0.3) is 0 Å². The minimum atomic E-state index is -0.0874. The Hall–Kier alpha value is -1.75. The Balaban J connectivity index is 2.09. The number of nitrogens with zero attached hydrogens (tertiary/aromatic N) is 3. The van der Waals surface area contributed by atoms with Crippen LogP contribution < -0.4 is 0 Å². The van der Waals surface area contributed by atoms with E-state index in [1.807, 2.05) is 24.3 Å². The predicted molar refractivity (Wildman–Crippen MR) is 72.0 cm³/mol. The molecule has 0 radical (unpaired) electrons. The maximum Gasteiger partial charge on any atom is 0.257 e. The summed E-state index contributed by atoms with van der Waals surface area (Å²) in [6.45, 7) is 0.549. The van der Waals surface area contributed by atoms with Crippen LogP contribution in [0.5, 0.6) is 0 Å². The first-order valence-electron chi connectivity index (χ1n) is 5.42. The van der Waals surface area contributed by atoms with Gasteiger partial charge in [-0.1, -0.05) is 28.1 Å². The molecule has 1 aromatic carbocycles. The highest BCUT2D eigenvalue weighted by Gasteiger charge is 2.12. The van der Waals surface area contributed by atoms with Gasteiger partial charge in [-0.25, -0.2) is 9.97 Å². The molecule has 92 valence electrons. The molecule has 4 nitrogen and oxygen atoms in total. The van der Waals surface area contributed by atoms with Crippen LogP contribution in [-0.2, 0) is 6.54 Å². The van der Waals surface area contributed by atoms with Crippen LogP contribution in [0.15, 0.2) is 47.5 Å². The molecule has 0 saturated heterocycles. The lowest BCUT2D eigenvalue weighted by Gasteiger charge is -2.17. The molecule has 1 heterocycles. The normalized spacial score (nSPS) is 10.1. The topological polar surface area (TPSA) is 46.1 Å². The number of halogens is 1. The molecule has 0 N–H and O–H groups in total. The van der Waals surface area contributed by atoms with Gasteiger partial charge in [0.2, 0.25) is 0 Å². The van der Waals surface area contributed by atoms with E-state index in [4.69, 9.17) is 0 Å². The standard InChI is InChI=1S/C13H12BrN3O/c1-17(8-10-3-2-4-12(14)5-10)13(18)11-6-15-9-16-7-11/h2-7,9H,8H2,1H3. The molecule has 0 spiro atoms. The SMILES string of the molecule is CN(Cc1cccc(Br)c1)C(=O)c1cncnc1. The molecule has 0 aliphatic heterocycles. The van der Waals surface area contributed by atoms with Gasteiger partial charge in [-0.05, 0) is 17.7 Å². The number of carbonyl (C=O) groups is 1. The summed E-state index contributed by atoms with van der Waals surface area (Å²) < 4.78 is 1.00. The maximum atomic E-state index is 12.1. The fraction of sp³-hybridized carbons (Fsp3) is 0.154. The number of amides is 1. The highest BCUT2D eigenvalue weighted by molar-refractivity contribution is 9.10. The van der Waals surface area contributed by atoms with Crippen molar-refractivity contribution in [2.75, 3.05) is 7.05 Å². The van der Waals surface area contributed by atoms with Crippen LogP contribution in [0, 0.1) is 0 Å². The molecular weight excluding hydrogens is 294 g/mol. The van der Waals surface area contributed by atoms with Gasteiger partial charge in [0, 0.05) is 30.5 Å². The minimum absolute atomic E-state index is 0.0874. The molecule has 18 heavy (non-hydrogen) atoms. The molecule has 2 aromatic rings. The Morgan fingerprint density at radius 1 is 1.33 bits per heavy atom. The molecule has 0 unspecified atom stereocenters. The average molecular weight is 306 g/mol. The van der Waals surface area contributed by atoms with Gasteiger partial charge in [0.05, 0.1) is 5.56 Å². The summed E-state index contributed by atoms with van der Waals surface area (Å²) in [5, 5.41) is 0. The summed E-state index contributed by atoms with van der Waals surface area (Å²) in [6, 6.07) is 7.88. The smallest absolute Gasteiger partial charge is 0.257 e. The largest absolute Gasteiger partial charge is 0.337 e. The molecule has 0 saturated carbocycles. The maximum absolute atomic E-state index is 12.1. The molecule has 0 atom stereocenters. The van der Waals surface area contributed by atoms with E-state index in [-0.39, 0.29) is 5.91 Å². The fourth-order valence-electron chi connectivity index (χ4n) is 1.61. The van der Waals surface area contributed by atoms with Gasteiger partial charge in [-0.3, -0.25) is 4.79 Å². The lowest BCUT2D eigenvalue weighted by atomic mass is 10.2. The van der Waals surface area contributed by atoms with Crippen LogP contribution in [0.4, 0.5) is 0 Å². The summed E-state index contributed by atoms with van der Waals surface area (Å²) in [5.74, 6) is -0.0874. The molecule has 2 rings (SSSR count). The quantitative estimate of drug-likeness (QED) is 0.875. The van der Waals surface area contributed by atoms with Gasteiger partial charge in [0.1, 0.15) is 6.33 Å². The Morgan fingerprint density at radius 3 is 2.72 bits per heavy atom. The molecule has 1 amide bonds. The average Bonchev–Trinajstić information content (AvgIpc) is 2.39. The van der Waals surface area contributed by atoms with Crippen LogP contribution >= 0.6 is 15.9 Å². The minimum Gasteiger partial charge on any atom is -0.337 e. The molecule has 0 aliphatic rings. The van der Waals surface area contributed by atoms with E-state index in [0.29, 0.717) is 12.1 Å². The van der Waals surface area contributed by atoms with Crippen LogP contribution in [0.2, 0.25) is 0 Å². The molecule has 0 aliphatic carbocycles. The zero-order chi connectivity index (χ0) is 13.0. The molecule has 0 bridgehead atoms. The van der Waals surface area contributed by atoms with E-state index in [2.05, 4.69) is 25.9 Å². The first-order valence-corrected chi connectivity index (χ1v) is 6.21. The molecule has 0 fully saturated rings. The van der Waals surface area contributed by atoms with Crippen molar-refractivity contribution in [3.63, 3.8) is 0 Å². The zero-order valence-corrected chi connectivity index (χ0v) is 11.5. The van der Waals surface area contributed by atoms with E-state index in [1.54, 1.807) is 11.9 Å². The van der Waals surface area contributed by atoms with E-state index in [1.165, 1.54) is 18.7 Å². The summed E-state index contributed by atoms with van der Waals surface area (Å²) in [7, 11) is 1.76. The summed E-state index contributed by atoms with van der Waals surface area (Å²) in [6.07, 6.45) is 4.45. The van der Waals surface area contributed by atoms with Crippen molar-refractivity contribution in [3.05, 3.63) is 58.6 Å². The van der Waals surface area contributed by atoms with Gasteiger partial charge in [0.25, 0.3) is 5.91 Å². The number of hydrogen-bond donors (Lipinski definition) is 0. The van der Waals surface area contributed by atoms with Crippen molar-refractivity contribution >= 4 is 21.8 Å². The van der Waals surface area contributed by atoms with E-state index in [9.17, 15) is 4.79 Å². The Morgan fingerprint density at radius 2 is 2.06 bits per heavy atom.